The quantitative estimate of drug-likeness (QED) is 0.334. The summed E-state index contributed by atoms with van der Waals surface area (Å²) in [6.45, 7) is 0. The van der Waals surface area contributed by atoms with Gasteiger partial charge < -0.3 is 4.90 Å². The van der Waals surface area contributed by atoms with Crippen LogP contribution in [-0.2, 0) is 0 Å². The lowest BCUT2D eigenvalue weighted by molar-refractivity contribution is 1.28. The Morgan fingerprint density at radius 1 is 0.633 bits per heavy atom. The number of para-hydroxylation sites is 2. The van der Waals surface area contributed by atoms with E-state index in [4.69, 9.17) is 0 Å². The van der Waals surface area contributed by atoms with Crippen LogP contribution in [0.1, 0.15) is 5.56 Å². The molecule has 5 rings (SSSR count). The van der Waals surface area contributed by atoms with Crippen molar-refractivity contribution in [1.29, 1.82) is 5.26 Å². The second kappa shape index (κ2) is 7.78. The summed E-state index contributed by atoms with van der Waals surface area (Å²) in [6.07, 6.45) is 0. The molecule has 0 radical (unpaired) electrons. The van der Waals surface area contributed by atoms with Gasteiger partial charge in [0.1, 0.15) is 17.1 Å². The van der Waals surface area contributed by atoms with Gasteiger partial charge in [0.05, 0.1) is 17.3 Å². The maximum Gasteiger partial charge on any atom is 0.123 e. The monoisotopic (exact) mass is 404 g/mol. The van der Waals surface area contributed by atoms with Crippen molar-refractivity contribution in [2.45, 2.75) is 0 Å². The summed E-state index contributed by atoms with van der Waals surface area (Å²) in [4.78, 5) is 2.22. The van der Waals surface area contributed by atoms with Crippen molar-refractivity contribution in [1.82, 2.24) is 8.75 Å². The fraction of sp³-hybridized carbons (Fsp3) is 0. The van der Waals surface area contributed by atoms with Crippen molar-refractivity contribution < 1.29 is 0 Å². The van der Waals surface area contributed by atoms with Gasteiger partial charge in [0.2, 0.25) is 0 Å². The minimum atomic E-state index is 0.554. The maximum atomic E-state index is 9.31. The highest BCUT2D eigenvalue weighted by atomic mass is 32.1. The highest BCUT2D eigenvalue weighted by Crippen LogP contribution is 2.36. The molecule has 4 aromatic carbocycles. The molecule has 0 fully saturated rings. The second-order valence-corrected chi connectivity index (χ2v) is 7.32. The molecule has 0 aliphatic rings. The van der Waals surface area contributed by atoms with Crippen LogP contribution in [0, 0.1) is 11.3 Å². The summed E-state index contributed by atoms with van der Waals surface area (Å²) in [6, 6.07) is 35.0. The van der Waals surface area contributed by atoms with Crippen LogP contribution in [-0.4, -0.2) is 8.75 Å². The van der Waals surface area contributed by atoms with E-state index in [9.17, 15) is 5.26 Å². The first kappa shape index (κ1) is 18.0. The Labute approximate surface area is 178 Å². The molecular formula is C25H16N4S. The molecule has 30 heavy (non-hydrogen) atoms. The first-order valence-electron chi connectivity index (χ1n) is 9.51. The maximum absolute atomic E-state index is 9.31. The van der Waals surface area contributed by atoms with Crippen molar-refractivity contribution in [3.8, 4) is 17.2 Å². The summed E-state index contributed by atoms with van der Waals surface area (Å²) in [5.41, 5.74) is 7.28. The van der Waals surface area contributed by atoms with Crippen molar-refractivity contribution in [2.75, 3.05) is 4.90 Å². The summed E-state index contributed by atoms with van der Waals surface area (Å²) in [7, 11) is 0. The van der Waals surface area contributed by atoms with Gasteiger partial charge in [-0.1, -0.05) is 54.6 Å². The molecule has 0 N–H and O–H groups in total. The van der Waals surface area contributed by atoms with Gasteiger partial charge in [-0.05, 0) is 48.0 Å². The zero-order valence-electron chi connectivity index (χ0n) is 15.9. The molecule has 0 spiro atoms. The molecule has 0 bridgehead atoms. The Balaban J connectivity index is 1.59. The van der Waals surface area contributed by atoms with E-state index in [-0.39, 0.29) is 0 Å². The average Bonchev–Trinajstić information content (AvgIpc) is 3.31. The van der Waals surface area contributed by atoms with E-state index in [0.717, 1.165) is 45.4 Å². The smallest absolute Gasteiger partial charge is 0.123 e. The lowest BCUT2D eigenvalue weighted by Crippen LogP contribution is -2.09. The van der Waals surface area contributed by atoms with Crippen molar-refractivity contribution in [2.24, 2.45) is 0 Å². The molecule has 0 unspecified atom stereocenters. The Morgan fingerprint density at radius 2 is 1.20 bits per heavy atom. The summed E-state index contributed by atoms with van der Waals surface area (Å²) < 4.78 is 8.73. The first-order chi connectivity index (χ1) is 14.8. The number of nitriles is 1. The number of hydrogen-bond donors (Lipinski definition) is 0. The van der Waals surface area contributed by atoms with Crippen LogP contribution in [0.4, 0.5) is 17.1 Å². The van der Waals surface area contributed by atoms with Crippen LogP contribution in [0.2, 0.25) is 0 Å². The van der Waals surface area contributed by atoms with E-state index in [1.165, 1.54) is 0 Å². The normalized spacial score (nSPS) is 10.6. The largest absolute Gasteiger partial charge is 0.311 e. The van der Waals surface area contributed by atoms with Gasteiger partial charge in [0.25, 0.3) is 0 Å². The number of rotatable bonds is 4. The molecule has 4 nitrogen and oxygen atoms in total. The van der Waals surface area contributed by atoms with E-state index in [0.29, 0.717) is 11.1 Å². The molecule has 1 heterocycles. The van der Waals surface area contributed by atoms with E-state index in [2.05, 4.69) is 68.2 Å². The van der Waals surface area contributed by atoms with Crippen LogP contribution in [0.15, 0.2) is 97.1 Å². The third-order valence-electron chi connectivity index (χ3n) is 5.00. The van der Waals surface area contributed by atoms with Gasteiger partial charge in [0, 0.05) is 22.6 Å². The summed E-state index contributed by atoms with van der Waals surface area (Å²) in [5.74, 6) is 0. The topological polar surface area (TPSA) is 52.8 Å². The predicted molar refractivity (Wildman–Crippen MR) is 122 cm³/mol. The number of anilines is 3. The van der Waals surface area contributed by atoms with Gasteiger partial charge in [-0.25, -0.2) is 0 Å². The van der Waals surface area contributed by atoms with Gasteiger partial charge >= 0.3 is 0 Å². The van der Waals surface area contributed by atoms with E-state index >= 15 is 0 Å². The molecule has 142 valence electrons. The van der Waals surface area contributed by atoms with E-state index in [1.807, 2.05) is 48.5 Å². The molecule has 0 atom stereocenters. The lowest BCUT2D eigenvalue weighted by atomic mass is 10.0. The molecule has 0 aliphatic carbocycles. The molecule has 0 aliphatic heterocycles. The molecule has 0 saturated carbocycles. The zero-order valence-corrected chi connectivity index (χ0v) is 16.8. The number of hydrogen-bond acceptors (Lipinski definition) is 5. The standard InChI is InChI=1S/C25H16N4S/c26-17-19-13-16-23(25-24(19)27-30-28-25)18-11-14-22(15-12-18)29(20-7-3-1-4-8-20)21-9-5-2-6-10-21/h1-16H. The fourth-order valence-corrected chi connectivity index (χ4v) is 4.15. The highest BCUT2D eigenvalue weighted by molar-refractivity contribution is 7.00. The SMILES string of the molecule is N#Cc1ccc(-c2ccc(N(c3ccccc3)c3ccccc3)cc2)c2nsnc12. The predicted octanol–water partition coefficient (Wildman–Crippen LogP) is 6.70. The lowest BCUT2D eigenvalue weighted by Gasteiger charge is -2.25. The van der Waals surface area contributed by atoms with Gasteiger partial charge in [0.15, 0.2) is 0 Å². The molecule has 1 aromatic heterocycles. The average molecular weight is 404 g/mol. The Kier molecular flexibility index (Phi) is 4.68. The van der Waals surface area contributed by atoms with Gasteiger partial charge in [-0.15, -0.1) is 0 Å². The van der Waals surface area contributed by atoms with Crippen molar-refractivity contribution in [3.63, 3.8) is 0 Å². The molecule has 5 aromatic rings. The van der Waals surface area contributed by atoms with Crippen LogP contribution < -0.4 is 4.90 Å². The summed E-state index contributed by atoms with van der Waals surface area (Å²) in [5, 5.41) is 9.31. The van der Waals surface area contributed by atoms with Crippen molar-refractivity contribution in [3.05, 3.63) is 103 Å². The highest BCUT2D eigenvalue weighted by Gasteiger charge is 2.14. The van der Waals surface area contributed by atoms with Gasteiger partial charge in [-0.3, -0.25) is 0 Å². The Morgan fingerprint density at radius 3 is 1.80 bits per heavy atom. The number of benzene rings is 4. The first-order valence-corrected chi connectivity index (χ1v) is 10.2. The molecule has 0 amide bonds. The van der Waals surface area contributed by atoms with E-state index in [1.54, 1.807) is 0 Å². The van der Waals surface area contributed by atoms with Crippen LogP contribution in [0.25, 0.3) is 22.2 Å². The number of aromatic nitrogens is 2. The molecular weight excluding hydrogens is 388 g/mol. The van der Waals surface area contributed by atoms with E-state index < -0.39 is 0 Å². The molecule has 5 heteroatoms. The molecule has 0 saturated heterocycles. The van der Waals surface area contributed by atoms with Crippen molar-refractivity contribution >= 4 is 39.8 Å². The number of fused-ring (bicyclic) bond motifs is 1. The fourth-order valence-electron chi connectivity index (χ4n) is 3.58. The van der Waals surface area contributed by atoms with Crippen LogP contribution in [0.3, 0.4) is 0 Å². The van der Waals surface area contributed by atoms with Crippen LogP contribution in [0.5, 0.6) is 0 Å². The minimum absolute atomic E-state index is 0.554. The van der Waals surface area contributed by atoms with Gasteiger partial charge in [-0.2, -0.15) is 14.0 Å². The Hall–Kier alpha value is -4.01. The van der Waals surface area contributed by atoms with Crippen LogP contribution >= 0.6 is 11.7 Å². The summed E-state index contributed by atoms with van der Waals surface area (Å²) >= 11 is 1.13. The third kappa shape index (κ3) is 3.20. The Bertz CT molecular complexity index is 1300. The zero-order chi connectivity index (χ0) is 20.3. The minimum Gasteiger partial charge on any atom is -0.311 e. The number of nitrogens with zero attached hydrogens (tertiary/aromatic N) is 4. The second-order valence-electron chi connectivity index (χ2n) is 6.79. The third-order valence-corrected chi connectivity index (χ3v) is 5.53.